The van der Waals surface area contributed by atoms with E-state index in [1.54, 1.807) is 12.1 Å². The predicted molar refractivity (Wildman–Crippen MR) is 101 cm³/mol. The largest absolute Gasteiger partial charge is 0.378 e. The Labute approximate surface area is 155 Å². The van der Waals surface area contributed by atoms with Crippen molar-refractivity contribution in [3.05, 3.63) is 106 Å². The third-order valence-electron chi connectivity index (χ3n) is 4.18. The van der Waals surface area contributed by atoms with Gasteiger partial charge in [-0.25, -0.2) is 4.39 Å². The molecule has 0 spiro atoms. The fraction of sp³-hybridized carbons (Fsp3) is 0.0952. The van der Waals surface area contributed by atoms with Crippen molar-refractivity contribution in [3.8, 4) is 0 Å². The highest BCUT2D eigenvalue weighted by atomic mass is 19.1. The molecule has 0 saturated heterocycles. The van der Waals surface area contributed by atoms with Crippen molar-refractivity contribution in [3.63, 3.8) is 0 Å². The van der Waals surface area contributed by atoms with Gasteiger partial charge in [-0.05, 0) is 42.0 Å². The number of nitrogens with zero attached hydrogens (tertiary/aromatic N) is 1. The Kier molecular flexibility index (Phi) is 5.56. The number of carbonyl (C=O) groups is 1. The second kappa shape index (κ2) is 8.23. The van der Waals surface area contributed by atoms with Crippen LogP contribution in [-0.4, -0.2) is 10.7 Å². The second-order valence-electron chi connectivity index (χ2n) is 6.05. The molecule has 27 heavy (non-hydrogen) atoms. The van der Waals surface area contributed by atoms with E-state index >= 15 is 0 Å². The summed E-state index contributed by atoms with van der Waals surface area (Å²) in [5.41, 5.74) is 2.01. The number of non-ortho nitro benzene ring substituents is 1. The van der Waals surface area contributed by atoms with E-state index in [1.165, 1.54) is 36.4 Å². The van der Waals surface area contributed by atoms with Crippen molar-refractivity contribution >= 4 is 17.2 Å². The second-order valence-corrected chi connectivity index (χ2v) is 6.05. The highest BCUT2D eigenvalue weighted by molar-refractivity contribution is 5.96. The first-order valence-electron chi connectivity index (χ1n) is 8.37. The van der Waals surface area contributed by atoms with Crippen molar-refractivity contribution in [2.24, 2.45) is 0 Å². The molecular formula is C21H17FN2O3. The van der Waals surface area contributed by atoms with Gasteiger partial charge in [0.1, 0.15) is 5.82 Å². The summed E-state index contributed by atoms with van der Waals surface area (Å²) in [7, 11) is 0. The lowest BCUT2D eigenvalue weighted by atomic mass is 9.97. The topological polar surface area (TPSA) is 72.2 Å². The molecule has 3 aromatic rings. The van der Waals surface area contributed by atoms with Crippen molar-refractivity contribution < 1.29 is 14.1 Å². The molecule has 1 N–H and O–H groups in total. The summed E-state index contributed by atoms with van der Waals surface area (Å²) in [6.07, 6.45) is 0.159. The SMILES string of the molecule is O=C(CC(Nc1ccc([N+](=O)[O-])cc1)c1ccccc1)c1ccc(F)cc1. The number of anilines is 1. The van der Waals surface area contributed by atoms with Crippen LogP contribution in [-0.2, 0) is 0 Å². The van der Waals surface area contributed by atoms with Crippen LogP contribution in [0.1, 0.15) is 28.4 Å². The lowest BCUT2D eigenvalue weighted by molar-refractivity contribution is -0.384. The zero-order valence-corrected chi connectivity index (χ0v) is 14.3. The standard InChI is InChI=1S/C21H17FN2O3/c22-17-8-6-16(7-9-17)21(25)14-20(15-4-2-1-3-5-15)23-18-10-12-19(13-11-18)24(26)27/h1-13,20,23H,14H2. The Balaban J connectivity index is 1.82. The zero-order valence-electron chi connectivity index (χ0n) is 14.3. The van der Waals surface area contributed by atoms with Gasteiger partial charge < -0.3 is 5.32 Å². The Morgan fingerprint density at radius 1 is 0.963 bits per heavy atom. The summed E-state index contributed by atoms with van der Waals surface area (Å²) < 4.78 is 13.1. The fourth-order valence-corrected chi connectivity index (χ4v) is 2.76. The third kappa shape index (κ3) is 4.76. The first kappa shape index (κ1) is 18.3. The van der Waals surface area contributed by atoms with E-state index < -0.39 is 10.7 Å². The van der Waals surface area contributed by atoms with E-state index in [9.17, 15) is 19.3 Å². The van der Waals surface area contributed by atoms with E-state index in [0.29, 0.717) is 11.3 Å². The number of nitro benzene ring substituents is 1. The Morgan fingerprint density at radius 2 is 1.59 bits per heavy atom. The molecular weight excluding hydrogens is 347 g/mol. The van der Waals surface area contributed by atoms with Gasteiger partial charge in [0.25, 0.3) is 5.69 Å². The van der Waals surface area contributed by atoms with Crippen LogP contribution in [0.3, 0.4) is 0 Å². The van der Waals surface area contributed by atoms with Crippen LogP contribution >= 0.6 is 0 Å². The molecule has 3 rings (SSSR count). The molecule has 0 fully saturated rings. The average Bonchev–Trinajstić information content (AvgIpc) is 2.69. The minimum absolute atomic E-state index is 0.000741. The first-order valence-corrected chi connectivity index (χ1v) is 8.37. The van der Waals surface area contributed by atoms with Gasteiger partial charge in [0.15, 0.2) is 5.78 Å². The number of nitrogens with one attached hydrogen (secondary N) is 1. The van der Waals surface area contributed by atoms with Gasteiger partial charge in [-0.1, -0.05) is 30.3 Å². The van der Waals surface area contributed by atoms with Gasteiger partial charge in [0.05, 0.1) is 11.0 Å². The highest BCUT2D eigenvalue weighted by Crippen LogP contribution is 2.26. The summed E-state index contributed by atoms with van der Waals surface area (Å²) >= 11 is 0. The smallest absolute Gasteiger partial charge is 0.269 e. The van der Waals surface area contributed by atoms with E-state index in [1.807, 2.05) is 30.3 Å². The van der Waals surface area contributed by atoms with Gasteiger partial charge in [0.2, 0.25) is 0 Å². The molecule has 0 aliphatic carbocycles. The molecule has 5 nitrogen and oxygen atoms in total. The summed E-state index contributed by atoms with van der Waals surface area (Å²) in [4.78, 5) is 23.0. The van der Waals surface area contributed by atoms with Crippen LogP contribution in [0.25, 0.3) is 0 Å². The number of carbonyl (C=O) groups excluding carboxylic acids is 1. The lowest BCUT2D eigenvalue weighted by Crippen LogP contribution is -2.16. The first-order chi connectivity index (χ1) is 13.0. The van der Waals surface area contributed by atoms with Crippen molar-refractivity contribution in [1.29, 1.82) is 0 Å². The Morgan fingerprint density at radius 3 is 2.19 bits per heavy atom. The average molecular weight is 364 g/mol. The maximum atomic E-state index is 13.1. The minimum Gasteiger partial charge on any atom is -0.378 e. The predicted octanol–water partition coefficient (Wildman–Crippen LogP) is 5.16. The number of nitro groups is 1. The number of benzene rings is 3. The molecule has 0 saturated carbocycles. The van der Waals surface area contributed by atoms with Crippen molar-refractivity contribution in [1.82, 2.24) is 0 Å². The quantitative estimate of drug-likeness (QED) is 0.357. The monoisotopic (exact) mass is 364 g/mol. The molecule has 136 valence electrons. The zero-order chi connectivity index (χ0) is 19.2. The number of Topliss-reactive ketones (excluding diaryl/α,β-unsaturated/α-hetero) is 1. The molecule has 0 aliphatic heterocycles. The fourth-order valence-electron chi connectivity index (χ4n) is 2.76. The van der Waals surface area contributed by atoms with Crippen molar-refractivity contribution in [2.75, 3.05) is 5.32 Å². The van der Waals surface area contributed by atoms with E-state index in [2.05, 4.69) is 5.32 Å². The third-order valence-corrected chi connectivity index (χ3v) is 4.18. The number of ketones is 1. The van der Waals surface area contributed by atoms with Gasteiger partial charge in [-0.15, -0.1) is 0 Å². The molecule has 3 aromatic carbocycles. The molecule has 0 bridgehead atoms. The number of halogens is 1. The van der Waals surface area contributed by atoms with Crippen molar-refractivity contribution in [2.45, 2.75) is 12.5 Å². The van der Waals surface area contributed by atoms with Crippen LogP contribution in [0.4, 0.5) is 15.8 Å². The number of hydrogen-bond donors (Lipinski definition) is 1. The van der Waals surface area contributed by atoms with Crippen LogP contribution < -0.4 is 5.32 Å². The maximum absolute atomic E-state index is 13.1. The van der Waals surface area contributed by atoms with Crippen LogP contribution in [0.5, 0.6) is 0 Å². The minimum atomic E-state index is -0.462. The van der Waals surface area contributed by atoms with Gasteiger partial charge in [0, 0.05) is 29.8 Å². The van der Waals surface area contributed by atoms with E-state index in [-0.39, 0.29) is 23.9 Å². The molecule has 1 atom stereocenters. The van der Waals surface area contributed by atoms with Crippen LogP contribution in [0.15, 0.2) is 78.9 Å². The van der Waals surface area contributed by atoms with E-state index in [4.69, 9.17) is 0 Å². The number of rotatable bonds is 7. The molecule has 0 radical (unpaired) electrons. The van der Waals surface area contributed by atoms with E-state index in [0.717, 1.165) is 5.56 Å². The lowest BCUT2D eigenvalue weighted by Gasteiger charge is -2.20. The summed E-state index contributed by atoms with van der Waals surface area (Å²) in [6, 6.07) is 20.6. The molecule has 0 aliphatic rings. The molecule has 1 unspecified atom stereocenters. The van der Waals surface area contributed by atoms with Gasteiger partial charge >= 0.3 is 0 Å². The van der Waals surface area contributed by atoms with Gasteiger partial charge in [-0.2, -0.15) is 0 Å². The molecule has 6 heteroatoms. The Bertz CT molecular complexity index is 926. The highest BCUT2D eigenvalue weighted by Gasteiger charge is 2.18. The summed E-state index contributed by atoms with van der Waals surface area (Å²) in [5, 5.41) is 14.1. The van der Waals surface area contributed by atoms with Crippen LogP contribution in [0.2, 0.25) is 0 Å². The molecule has 0 amide bonds. The molecule has 0 aromatic heterocycles. The normalized spacial score (nSPS) is 11.6. The van der Waals surface area contributed by atoms with Gasteiger partial charge in [-0.3, -0.25) is 14.9 Å². The maximum Gasteiger partial charge on any atom is 0.269 e. The van der Waals surface area contributed by atoms with Crippen LogP contribution in [0, 0.1) is 15.9 Å². The number of hydrogen-bond acceptors (Lipinski definition) is 4. The Hall–Kier alpha value is -3.54. The summed E-state index contributed by atoms with van der Waals surface area (Å²) in [5.74, 6) is -0.520. The summed E-state index contributed by atoms with van der Waals surface area (Å²) in [6.45, 7) is 0. The molecule has 0 heterocycles.